The Morgan fingerprint density at radius 2 is 1.79 bits per heavy atom. The van der Waals surface area contributed by atoms with Crippen LogP contribution in [0.15, 0.2) is 60.8 Å². The molecule has 148 valence electrons. The van der Waals surface area contributed by atoms with E-state index in [9.17, 15) is 9.59 Å². The van der Waals surface area contributed by atoms with Gasteiger partial charge in [-0.05, 0) is 17.7 Å². The first-order chi connectivity index (χ1) is 14.1. The molecule has 0 aliphatic heterocycles. The van der Waals surface area contributed by atoms with Gasteiger partial charge in [-0.3, -0.25) is 9.59 Å². The third kappa shape index (κ3) is 5.38. The number of nitrogens with two attached hydrogens (primary N) is 1. The molecule has 2 amide bonds. The van der Waals surface area contributed by atoms with Gasteiger partial charge in [0.15, 0.2) is 5.82 Å². The average molecular weight is 390 g/mol. The lowest BCUT2D eigenvalue weighted by atomic mass is 10.1. The number of rotatable bonds is 8. The topological polar surface area (TPSA) is 107 Å². The number of hydrogen-bond donors (Lipinski definition) is 2. The summed E-state index contributed by atoms with van der Waals surface area (Å²) in [6.07, 6.45) is 2.06. The average Bonchev–Trinajstić information content (AvgIpc) is 2.74. The molecular formula is C22H22N4O3. The first-order valence-electron chi connectivity index (χ1n) is 9.17. The van der Waals surface area contributed by atoms with Crippen LogP contribution in [0.4, 0.5) is 0 Å². The highest BCUT2D eigenvalue weighted by molar-refractivity contribution is 5.93. The smallest absolute Gasteiger partial charge is 0.252 e. The number of amides is 2. The second-order valence-corrected chi connectivity index (χ2v) is 6.41. The predicted octanol–water partition coefficient (Wildman–Crippen LogP) is 2.15. The Hall–Kier alpha value is -3.74. The summed E-state index contributed by atoms with van der Waals surface area (Å²) in [6.45, 7) is 0.334. The van der Waals surface area contributed by atoms with Gasteiger partial charge in [0.1, 0.15) is 5.75 Å². The van der Waals surface area contributed by atoms with Crippen molar-refractivity contribution in [3.8, 4) is 17.1 Å². The number of nitrogens with zero attached hydrogens (tertiary/aromatic N) is 2. The van der Waals surface area contributed by atoms with E-state index in [1.165, 1.54) is 6.20 Å². The van der Waals surface area contributed by atoms with Crippen LogP contribution in [0.25, 0.3) is 11.4 Å². The molecule has 3 rings (SSSR count). The van der Waals surface area contributed by atoms with Crippen molar-refractivity contribution in [2.45, 2.75) is 12.8 Å². The Bertz CT molecular complexity index is 989. The van der Waals surface area contributed by atoms with Crippen LogP contribution in [0.3, 0.4) is 0 Å². The minimum Gasteiger partial charge on any atom is -0.497 e. The van der Waals surface area contributed by atoms with Gasteiger partial charge in [0, 0.05) is 24.7 Å². The Balaban J connectivity index is 1.64. The molecule has 0 saturated carbocycles. The van der Waals surface area contributed by atoms with Crippen LogP contribution in [-0.2, 0) is 17.6 Å². The maximum atomic E-state index is 12.2. The van der Waals surface area contributed by atoms with Gasteiger partial charge in [-0.2, -0.15) is 0 Å². The van der Waals surface area contributed by atoms with E-state index in [2.05, 4.69) is 15.3 Å². The minimum absolute atomic E-state index is 0.117. The molecule has 0 unspecified atom stereocenters. The van der Waals surface area contributed by atoms with Gasteiger partial charge in [-0.1, -0.05) is 42.5 Å². The normalized spacial score (nSPS) is 10.4. The Morgan fingerprint density at radius 3 is 2.45 bits per heavy atom. The van der Waals surface area contributed by atoms with E-state index in [1.807, 2.05) is 54.6 Å². The number of methoxy groups -OCH3 is 1. The molecule has 0 bridgehead atoms. The molecule has 3 aromatic rings. The second kappa shape index (κ2) is 9.45. The molecule has 7 heteroatoms. The Labute approximate surface area is 169 Å². The minimum atomic E-state index is -0.593. The largest absolute Gasteiger partial charge is 0.497 e. The quantitative estimate of drug-likeness (QED) is 0.613. The number of benzene rings is 2. The number of carbonyl (C=O) groups excluding carboxylic acids is 2. The highest BCUT2D eigenvalue weighted by Crippen LogP contribution is 2.16. The van der Waals surface area contributed by atoms with E-state index < -0.39 is 5.91 Å². The van der Waals surface area contributed by atoms with Gasteiger partial charge in [0.2, 0.25) is 5.91 Å². The lowest BCUT2D eigenvalue weighted by Gasteiger charge is -2.10. The summed E-state index contributed by atoms with van der Waals surface area (Å²) in [6, 6.07) is 16.8. The van der Waals surface area contributed by atoms with Crippen LogP contribution in [0.1, 0.15) is 21.6 Å². The third-order valence-electron chi connectivity index (χ3n) is 4.37. The molecule has 0 atom stereocenters. The van der Waals surface area contributed by atoms with Crippen molar-refractivity contribution < 1.29 is 14.3 Å². The molecule has 0 spiro atoms. The maximum absolute atomic E-state index is 12.2. The Kier molecular flexibility index (Phi) is 6.52. The molecule has 29 heavy (non-hydrogen) atoms. The molecule has 0 saturated heterocycles. The standard InChI is InChI=1S/C22H22N4O3/c1-29-17-9-7-15(8-10-17)13-20(27)24-12-11-19-18(21(23)28)14-25-22(26-19)16-5-3-2-4-6-16/h2-10,14H,11-13H2,1H3,(H2,23,28)(H,24,27). The molecule has 1 heterocycles. The van der Waals surface area contributed by atoms with Crippen LogP contribution in [-0.4, -0.2) is 35.4 Å². The summed E-state index contributed by atoms with van der Waals surface area (Å²) < 4.78 is 5.11. The predicted molar refractivity (Wildman–Crippen MR) is 109 cm³/mol. The summed E-state index contributed by atoms with van der Waals surface area (Å²) in [4.78, 5) is 32.6. The van der Waals surface area contributed by atoms with Crippen LogP contribution >= 0.6 is 0 Å². The number of hydrogen-bond acceptors (Lipinski definition) is 5. The van der Waals surface area contributed by atoms with E-state index in [0.717, 1.165) is 16.9 Å². The molecule has 0 aliphatic rings. The lowest BCUT2D eigenvalue weighted by molar-refractivity contribution is -0.120. The van der Waals surface area contributed by atoms with Crippen molar-refractivity contribution in [3.63, 3.8) is 0 Å². The molecular weight excluding hydrogens is 368 g/mol. The summed E-state index contributed by atoms with van der Waals surface area (Å²) in [5.74, 6) is 0.540. The third-order valence-corrected chi connectivity index (χ3v) is 4.37. The maximum Gasteiger partial charge on any atom is 0.252 e. The molecule has 0 aliphatic carbocycles. The fraction of sp³-hybridized carbons (Fsp3) is 0.182. The summed E-state index contributed by atoms with van der Waals surface area (Å²) in [5.41, 5.74) is 7.94. The van der Waals surface area contributed by atoms with Gasteiger partial charge >= 0.3 is 0 Å². The van der Waals surface area contributed by atoms with E-state index in [0.29, 0.717) is 24.5 Å². The summed E-state index contributed by atoms with van der Waals surface area (Å²) in [5, 5.41) is 2.85. The molecule has 0 radical (unpaired) electrons. The van der Waals surface area contributed by atoms with Crippen LogP contribution in [0.2, 0.25) is 0 Å². The fourth-order valence-electron chi connectivity index (χ4n) is 2.85. The first kappa shape index (κ1) is 20.0. The Morgan fingerprint density at radius 1 is 1.07 bits per heavy atom. The van der Waals surface area contributed by atoms with Crippen molar-refractivity contribution in [2.24, 2.45) is 5.73 Å². The molecule has 1 aromatic heterocycles. The lowest BCUT2D eigenvalue weighted by Crippen LogP contribution is -2.28. The number of carbonyl (C=O) groups is 2. The summed E-state index contributed by atoms with van der Waals surface area (Å²) in [7, 11) is 1.60. The zero-order valence-corrected chi connectivity index (χ0v) is 16.1. The van der Waals surface area contributed by atoms with E-state index in [1.54, 1.807) is 7.11 Å². The van der Waals surface area contributed by atoms with E-state index >= 15 is 0 Å². The summed E-state index contributed by atoms with van der Waals surface area (Å²) >= 11 is 0. The van der Waals surface area contributed by atoms with Crippen molar-refractivity contribution in [1.82, 2.24) is 15.3 Å². The number of aromatic nitrogens is 2. The number of nitrogens with one attached hydrogen (secondary N) is 1. The zero-order valence-electron chi connectivity index (χ0n) is 16.1. The van der Waals surface area contributed by atoms with Gasteiger partial charge in [-0.25, -0.2) is 9.97 Å². The number of ether oxygens (including phenoxy) is 1. The van der Waals surface area contributed by atoms with Crippen LogP contribution in [0.5, 0.6) is 5.75 Å². The van der Waals surface area contributed by atoms with Crippen molar-refractivity contribution >= 4 is 11.8 Å². The highest BCUT2D eigenvalue weighted by Gasteiger charge is 2.13. The molecule has 0 fully saturated rings. The first-order valence-corrected chi connectivity index (χ1v) is 9.17. The molecule has 2 aromatic carbocycles. The fourth-order valence-corrected chi connectivity index (χ4v) is 2.85. The highest BCUT2D eigenvalue weighted by atomic mass is 16.5. The zero-order chi connectivity index (χ0) is 20.6. The van der Waals surface area contributed by atoms with Crippen molar-refractivity contribution in [3.05, 3.63) is 77.6 Å². The molecule has 7 nitrogen and oxygen atoms in total. The van der Waals surface area contributed by atoms with Crippen molar-refractivity contribution in [1.29, 1.82) is 0 Å². The SMILES string of the molecule is COc1ccc(CC(=O)NCCc2nc(-c3ccccc3)ncc2C(N)=O)cc1. The van der Waals surface area contributed by atoms with E-state index in [4.69, 9.17) is 10.5 Å². The van der Waals surface area contributed by atoms with Gasteiger partial charge < -0.3 is 15.8 Å². The molecule has 3 N–H and O–H groups in total. The van der Waals surface area contributed by atoms with Gasteiger partial charge in [0.05, 0.1) is 24.8 Å². The van der Waals surface area contributed by atoms with E-state index in [-0.39, 0.29) is 17.9 Å². The van der Waals surface area contributed by atoms with Gasteiger partial charge in [-0.15, -0.1) is 0 Å². The van der Waals surface area contributed by atoms with Crippen LogP contribution in [0, 0.1) is 0 Å². The number of primary amides is 1. The van der Waals surface area contributed by atoms with Crippen molar-refractivity contribution in [2.75, 3.05) is 13.7 Å². The van der Waals surface area contributed by atoms with Crippen LogP contribution < -0.4 is 15.8 Å². The van der Waals surface area contributed by atoms with Gasteiger partial charge in [0.25, 0.3) is 5.91 Å². The second-order valence-electron chi connectivity index (χ2n) is 6.41. The monoisotopic (exact) mass is 390 g/mol.